The summed E-state index contributed by atoms with van der Waals surface area (Å²) in [7, 11) is 0. The summed E-state index contributed by atoms with van der Waals surface area (Å²) in [5, 5.41) is 17.0. The van der Waals surface area contributed by atoms with Gasteiger partial charge in [-0.3, -0.25) is 0 Å². The van der Waals surface area contributed by atoms with Gasteiger partial charge in [0.25, 0.3) is 0 Å². The van der Waals surface area contributed by atoms with Crippen molar-refractivity contribution in [3.05, 3.63) is 121 Å². The number of hydrogen-bond donors (Lipinski definition) is 1. The highest BCUT2D eigenvalue weighted by molar-refractivity contribution is 7.98. The first-order valence-electron chi connectivity index (χ1n) is 11.1. The fraction of sp³-hybridized carbons (Fsp3) is 0.148. The largest absolute Gasteiger partial charge is 0.381 e. The van der Waals surface area contributed by atoms with Crippen LogP contribution in [0.1, 0.15) is 11.1 Å². The second-order valence-corrected chi connectivity index (χ2v) is 9.11. The third kappa shape index (κ3) is 5.11. The van der Waals surface area contributed by atoms with E-state index in [4.69, 9.17) is 4.98 Å². The van der Waals surface area contributed by atoms with E-state index in [1.165, 1.54) is 11.9 Å². The molecule has 34 heavy (non-hydrogen) atoms. The van der Waals surface area contributed by atoms with Crippen molar-refractivity contribution in [1.82, 2.24) is 24.3 Å². The molecule has 0 amide bonds. The first-order valence-corrected chi connectivity index (χ1v) is 12.1. The minimum Gasteiger partial charge on any atom is -0.381 e. The predicted octanol–water partition coefficient (Wildman–Crippen LogP) is 5.02. The Morgan fingerprint density at radius 3 is 2.18 bits per heavy atom. The zero-order valence-corrected chi connectivity index (χ0v) is 19.4. The lowest BCUT2D eigenvalue weighted by Crippen LogP contribution is -2.36. The van der Waals surface area contributed by atoms with Crippen LogP contribution >= 0.6 is 11.8 Å². The van der Waals surface area contributed by atoms with Crippen LogP contribution < -0.4 is 0 Å². The first-order chi connectivity index (χ1) is 16.7. The summed E-state index contributed by atoms with van der Waals surface area (Å²) in [6.45, 7) is 0.604. The van der Waals surface area contributed by atoms with E-state index in [9.17, 15) is 5.11 Å². The van der Waals surface area contributed by atoms with Gasteiger partial charge < -0.3 is 9.67 Å². The number of benzene rings is 3. The van der Waals surface area contributed by atoms with Gasteiger partial charge in [0.15, 0.2) is 5.16 Å². The van der Waals surface area contributed by atoms with Crippen molar-refractivity contribution in [3.63, 3.8) is 0 Å². The monoisotopic (exact) mass is 467 g/mol. The van der Waals surface area contributed by atoms with Crippen LogP contribution in [0.15, 0.2) is 115 Å². The maximum absolute atomic E-state index is 12.0. The lowest BCUT2D eigenvalue weighted by atomic mass is 9.93. The fourth-order valence-corrected chi connectivity index (χ4v) is 4.88. The molecule has 0 fully saturated rings. The summed E-state index contributed by atoms with van der Waals surface area (Å²) >= 11 is 1.67. The molecule has 0 saturated carbocycles. The summed E-state index contributed by atoms with van der Waals surface area (Å²) in [4.78, 5) is 9.00. The zero-order chi connectivity index (χ0) is 23.2. The Bertz CT molecular complexity index is 1310. The molecule has 0 radical (unpaired) electrons. The topological polar surface area (TPSA) is 68.8 Å². The summed E-state index contributed by atoms with van der Waals surface area (Å²) in [6.07, 6.45) is 5.14. The van der Waals surface area contributed by atoms with Crippen molar-refractivity contribution >= 4 is 11.8 Å². The van der Waals surface area contributed by atoms with Crippen molar-refractivity contribution in [3.8, 4) is 11.3 Å². The normalized spacial score (nSPS) is 13.0. The molecule has 0 aliphatic carbocycles. The van der Waals surface area contributed by atoms with Gasteiger partial charge in [-0.2, -0.15) is 5.10 Å². The molecule has 7 heteroatoms. The molecule has 1 N–H and O–H groups in total. The van der Waals surface area contributed by atoms with Crippen LogP contribution in [0.4, 0.5) is 0 Å². The van der Waals surface area contributed by atoms with Crippen molar-refractivity contribution in [1.29, 1.82) is 0 Å². The summed E-state index contributed by atoms with van der Waals surface area (Å²) in [6, 6.07) is 30.2. The zero-order valence-electron chi connectivity index (χ0n) is 18.6. The number of nitrogens with zero attached hydrogens (tertiary/aromatic N) is 5. The molecule has 0 bridgehead atoms. The number of imidazole rings is 1. The second kappa shape index (κ2) is 10.1. The molecule has 0 aliphatic heterocycles. The molecule has 1 atom stereocenters. The van der Waals surface area contributed by atoms with Crippen LogP contribution in [-0.2, 0) is 24.4 Å². The summed E-state index contributed by atoms with van der Waals surface area (Å²) in [5.74, 6) is 0.791. The van der Waals surface area contributed by atoms with E-state index in [2.05, 4.69) is 38.9 Å². The number of rotatable bonds is 9. The molecule has 5 aromatic rings. The maximum atomic E-state index is 12.0. The van der Waals surface area contributed by atoms with Crippen molar-refractivity contribution in [2.75, 3.05) is 0 Å². The van der Waals surface area contributed by atoms with E-state index in [1.54, 1.807) is 22.8 Å². The Labute approximate surface area is 203 Å². The van der Waals surface area contributed by atoms with Gasteiger partial charge in [0, 0.05) is 17.5 Å². The van der Waals surface area contributed by atoms with Gasteiger partial charge in [-0.05, 0) is 11.1 Å². The van der Waals surface area contributed by atoms with Gasteiger partial charge in [-0.25, -0.2) is 14.6 Å². The summed E-state index contributed by atoms with van der Waals surface area (Å²) < 4.78 is 3.72. The standard InChI is InChI=1S/C27H25N5OS/c33-27(19-32-21-28-20-29-32,24-14-8-3-9-15-24)18-31-16-25(23-12-6-2-7-13-23)30-26(31)34-17-22-10-4-1-5-11-22/h1-16,20-21,33H,17-19H2. The molecule has 0 spiro atoms. The average molecular weight is 468 g/mol. The Kier molecular flexibility index (Phi) is 6.56. The summed E-state index contributed by atoms with van der Waals surface area (Å²) in [5.41, 5.74) is 2.77. The minimum atomic E-state index is -1.20. The number of thioether (sulfide) groups is 1. The average Bonchev–Trinajstić information content (AvgIpc) is 3.54. The molecule has 3 aromatic carbocycles. The van der Waals surface area contributed by atoms with Gasteiger partial charge in [0.2, 0.25) is 0 Å². The maximum Gasteiger partial charge on any atom is 0.169 e. The smallest absolute Gasteiger partial charge is 0.169 e. The lowest BCUT2D eigenvalue weighted by molar-refractivity contribution is -0.00431. The van der Waals surface area contributed by atoms with E-state index in [1.807, 2.05) is 72.9 Å². The van der Waals surface area contributed by atoms with Crippen LogP contribution in [0.3, 0.4) is 0 Å². The third-order valence-corrected chi connectivity index (χ3v) is 6.72. The lowest BCUT2D eigenvalue weighted by Gasteiger charge is -2.29. The molecule has 0 saturated heterocycles. The molecule has 170 valence electrons. The second-order valence-electron chi connectivity index (χ2n) is 8.17. The van der Waals surface area contributed by atoms with Crippen LogP contribution in [0.25, 0.3) is 11.3 Å². The highest BCUT2D eigenvalue weighted by Crippen LogP contribution is 2.31. The van der Waals surface area contributed by atoms with E-state index < -0.39 is 5.60 Å². The highest BCUT2D eigenvalue weighted by atomic mass is 32.2. The highest BCUT2D eigenvalue weighted by Gasteiger charge is 2.32. The Balaban J connectivity index is 1.51. The molecule has 1 unspecified atom stereocenters. The molecule has 5 rings (SSSR count). The number of aromatic nitrogens is 5. The number of aliphatic hydroxyl groups is 1. The molecule has 0 aliphatic rings. The van der Waals surface area contributed by atoms with E-state index in [0.717, 1.165) is 27.7 Å². The van der Waals surface area contributed by atoms with E-state index in [-0.39, 0.29) is 6.54 Å². The van der Waals surface area contributed by atoms with Crippen molar-refractivity contribution in [2.45, 2.75) is 29.6 Å². The predicted molar refractivity (Wildman–Crippen MR) is 134 cm³/mol. The quantitative estimate of drug-likeness (QED) is 0.308. The van der Waals surface area contributed by atoms with Crippen molar-refractivity contribution in [2.24, 2.45) is 0 Å². The molecular weight excluding hydrogens is 442 g/mol. The van der Waals surface area contributed by atoms with Gasteiger partial charge in [-0.1, -0.05) is 103 Å². The Hall–Kier alpha value is -3.68. The number of hydrogen-bond acceptors (Lipinski definition) is 5. The molecule has 2 heterocycles. The van der Waals surface area contributed by atoms with Crippen molar-refractivity contribution < 1.29 is 5.11 Å². The fourth-order valence-electron chi connectivity index (χ4n) is 3.94. The molecular formula is C27H25N5OS. The van der Waals surface area contributed by atoms with Crippen LogP contribution in [-0.4, -0.2) is 29.4 Å². The SMILES string of the molecule is OC(Cn1cncn1)(Cn1cc(-c2ccccc2)nc1SCc1ccccc1)c1ccccc1. The molecule has 6 nitrogen and oxygen atoms in total. The Morgan fingerprint density at radius 1 is 0.824 bits per heavy atom. The van der Waals surface area contributed by atoms with Gasteiger partial charge in [-0.15, -0.1) is 0 Å². The minimum absolute atomic E-state index is 0.276. The van der Waals surface area contributed by atoms with Crippen LogP contribution in [0, 0.1) is 0 Å². The first kappa shape index (κ1) is 22.1. The third-order valence-electron chi connectivity index (χ3n) is 5.65. The Morgan fingerprint density at radius 2 is 1.50 bits per heavy atom. The van der Waals surface area contributed by atoms with E-state index in [0.29, 0.717) is 6.54 Å². The van der Waals surface area contributed by atoms with Gasteiger partial charge >= 0.3 is 0 Å². The van der Waals surface area contributed by atoms with Gasteiger partial charge in [0.1, 0.15) is 18.3 Å². The van der Waals surface area contributed by atoms with Gasteiger partial charge in [0.05, 0.1) is 18.8 Å². The van der Waals surface area contributed by atoms with E-state index >= 15 is 0 Å². The van der Waals surface area contributed by atoms with Crippen LogP contribution in [0.2, 0.25) is 0 Å². The van der Waals surface area contributed by atoms with Crippen LogP contribution in [0.5, 0.6) is 0 Å². The molecule has 2 aromatic heterocycles.